The summed E-state index contributed by atoms with van der Waals surface area (Å²) in [7, 11) is 0. The van der Waals surface area contributed by atoms with Crippen LogP contribution in [0.5, 0.6) is 0 Å². The van der Waals surface area contributed by atoms with E-state index in [1.54, 1.807) is 0 Å². The van der Waals surface area contributed by atoms with Gasteiger partial charge < -0.3 is 0 Å². The van der Waals surface area contributed by atoms with Crippen LogP contribution in [-0.4, -0.2) is 15.4 Å². The van der Waals surface area contributed by atoms with Crippen LogP contribution in [0.1, 0.15) is 5.56 Å². The number of rotatable bonds is 3. The summed E-state index contributed by atoms with van der Waals surface area (Å²) in [6, 6.07) is 1.10. The van der Waals surface area contributed by atoms with Crippen molar-refractivity contribution in [3.8, 4) is 0 Å². The molecule has 0 aliphatic carbocycles. The average Bonchev–Trinajstić information content (AvgIpc) is 2.21. The van der Waals surface area contributed by atoms with Gasteiger partial charge in [0, 0.05) is 11.6 Å². The van der Waals surface area contributed by atoms with E-state index in [2.05, 4.69) is 0 Å². The third-order valence-corrected chi connectivity index (χ3v) is 1.98. The highest BCUT2D eigenvalue weighted by atomic mass is 16.6. The Morgan fingerprint density at radius 3 is 2.81 bits per heavy atom. The van der Waals surface area contributed by atoms with E-state index in [4.69, 9.17) is 5.84 Å². The van der Waals surface area contributed by atoms with Gasteiger partial charge in [-0.2, -0.15) is 0 Å². The fourth-order valence-electron chi connectivity index (χ4n) is 1.17. The van der Waals surface area contributed by atoms with E-state index >= 15 is 0 Å². The van der Waals surface area contributed by atoms with Gasteiger partial charge in [-0.05, 0) is 6.92 Å². The molecular weight excluding hydrogens is 216 g/mol. The Bertz CT molecular complexity index is 493. The number of nitrogens with one attached hydrogen (secondary N) is 1. The summed E-state index contributed by atoms with van der Waals surface area (Å²) >= 11 is 0. The lowest BCUT2D eigenvalue weighted by Gasteiger charge is -2.05. The first-order chi connectivity index (χ1) is 7.45. The molecule has 0 aliphatic rings. The normalized spacial score (nSPS) is 9.88. The molecule has 1 heterocycles. The Morgan fingerprint density at radius 2 is 2.31 bits per heavy atom. The number of hydrogen-bond acceptors (Lipinski definition) is 5. The molecule has 0 atom stereocenters. The smallest absolute Gasteiger partial charge is 0.288 e. The number of hydrogen-bond donors (Lipinski definition) is 2. The van der Waals surface area contributed by atoms with Crippen molar-refractivity contribution in [2.75, 3.05) is 0 Å². The molecule has 1 aromatic heterocycles. The molecule has 0 fully saturated rings. The number of amides is 1. The van der Waals surface area contributed by atoms with Gasteiger partial charge in [0.2, 0.25) is 0 Å². The summed E-state index contributed by atoms with van der Waals surface area (Å²) in [5.41, 5.74) is 1.37. The maximum Gasteiger partial charge on any atom is 0.288 e. The van der Waals surface area contributed by atoms with E-state index in [-0.39, 0.29) is 17.8 Å². The molecule has 1 amide bonds. The van der Waals surface area contributed by atoms with Gasteiger partial charge in [-0.1, -0.05) is 0 Å². The van der Waals surface area contributed by atoms with Crippen LogP contribution >= 0.6 is 0 Å². The zero-order valence-corrected chi connectivity index (χ0v) is 8.47. The average molecular weight is 226 g/mol. The van der Waals surface area contributed by atoms with Crippen molar-refractivity contribution in [2.24, 2.45) is 5.84 Å². The van der Waals surface area contributed by atoms with Crippen molar-refractivity contribution in [3.63, 3.8) is 0 Å². The Balaban J connectivity index is 3.20. The van der Waals surface area contributed by atoms with E-state index in [9.17, 15) is 19.7 Å². The summed E-state index contributed by atoms with van der Waals surface area (Å²) in [5.74, 6) is 4.24. The van der Waals surface area contributed by atoms with Crippen LogP contribution in [0.4, 0.5) is 5.69 Å². The van der Waals surface area contributed by atoms with Gasteiger partial charge in [0.15, 0.2) is 0 Å². The van der Waals surface area contributed by atoms with Crippen molar-refractivity contribution < 1.29 is 9.72 Å². The first kappa shape index (κ1) is 11.9. The number of aromatic nitrogens is 1. The number of nitro groups is 1. The molecule has 8 heteroatoms. The van der Waals surface area contributed by atoms with Crippen molar-refractivity contribution in [1.29, 1.82) is 0 Å². The monoisotopic (exact) mass is 226 g/mol. The summed E-state index contributed by atoms with van der Waals surface area (Å²) in [6.45, 7) is 1.10. The molecule has 0 unspecified atom stereocenters. The van der Waals surface area contributed by atoms with Gasteiger partial charge in [-0.15, -0.1) is 0 Å². The third kappa shape index (κ3) is 2.42. The minimum atomic E-state index is -0.619. The minimum absolute atomic E-state index is 0.218. The van der Waals surface area contributed by atoms with Crippen molar-refractivity contribution in [1.82, 2.24) is 9.99 Å². The molecular formula is C8H10N4O4. The quantitative estimate of drug-likeness (QED) is 0.298. The van der Waals surface area contributed by atoms with Gasteiger partial charge >= 0.3 is 0 Å². The Kier molecular flexibility index (Phi) is 3.36. The van der Waals surface area contributed by atoms with Crippen LogP contribution in [0.15, 0.2) is 17.1 Å². The van der Waals surface area contributed by atoms with Gasteiger partial charge in [-0.25, -0.2) is 5.84 Å². The zero-order valence-electron chi connectivity index (χ0n) is 8.47. The molecule has 86 valence electrons. The van der Waals surface area contributed by atoms with E-state index < -0.39 is 16.4 Å². The summed E-state index contributed by atoms with van der Waals surface area (Å²) in [6.07, 6.45) is 1.02. The number of nitrogens with two attached hydrogens (primary N) is 1. The van der Waals surface area contributed by atoms with Crippen LogP contribution in [0, 0.1) is 17.0 Å². The van der Waals surface area contributed by atoms with E-state index in [0.717, 1.165) is 16.8 Å². The number of carbonyl (C=O) groups excluding carboxylic acids is 1. The van der Waals surface area contributed by atoms with Crippen LogP contribution in [-0.2, 0) is 11.3 Å². The van der Waals surface area contributed by atoms with Gasteiger partial charge in [0.25, 0.3) is 17.2 Å². The zero-order chi connectivity index (χ0) is 12.3. The minimum Gasteiger partial charge on any atom is -0.299 e. The largest absolute Gasteiger partial charge is 0.299 e. The molecule has 0 saturated carbocycles. The second-order valence-electron chi connectivity index (χ2n) is 3.13. The first-order valence-electron chi connectivity index (χ1n) is 4.30. The second-order valence-corrected chi connectivity index (χ2v) is 3.13. The Morgan fingerprint density at radius 1 is 1.69 bits per heavy atom. The highest BCUT2D eigenvalue weighted by Crippen LogP contribution is 2.13. The van der Waals surface area contributed by atoms with Gasteiger partial charge in [0.05, 0.1) is 11.1 Å². The highest BCUT2D eigenvalue weighted by molar-refractivity contribution is 5.75. The van der Waals surface area contributed by atoms with Crippen LogP contribution < -0.4 is 16.8 Å². The molecule has 3 N–H and O–H groups in total. The molecule has 0 aliphatic heterocycles. The molecule has 0 bridgehead atoms. The fourth-order valence-corrected chi connectivity index (χ4v) is 1.17. The topological polar surface area (TPSA) is 120 Å². The Labute approximate surface area is 89.8 Å². The highest BCUT2D eigenvalue weighted by Gasteiger charge is 2.14. The predicted molar refractivity (Wildman–Crippen MR) is 54.4 cm³/mol. The van der Waals surface area contributed by atoms with E-state index in [1.807, 2.05) is 5.43 Å². The third-order valence-electron chi connectivity index (χ3n) is 1.98. The number of nitrogens with zero attached hydrogens (tertiary/aromatic N) is 2. The molecule has 1 rings (SSSR count). The Hall–Kier alpha value is -2.22. The summed E-state index contributed by atoms with van der Waals surface area (Å²) in [4.78, 5) is 32.3. The summed E-state index contributed by atoms with van der Waals surface area (Å²) in [5, 5.41) is 10.6. The van der Waals surface area contributed by atoms with Crippen LogP contribution in [0.3, 0.4) is 0 Å². The molecule has 1 aromatic rings. The summed E-state index contributed by atoms with van der Waals surface area (Å²) < 4.78 is 0.924. The number of hydrazine groups is 1. The van der Waals surface area contributed by atoms with Gasteiger partial charge in [0.1, 0.15) is 6.54 Å². The number of pyridine rings is 1. The molecule has 16 heavy (non-hydrogen) atoms. The lowest BCUT2D eigenvalue weighted by atomic mass is 10.2. The van der Waals surface area contributed by atoms with Crippen molar-refractivity contribution in [2.45, 2.75) is 13.5 Å². The fraction of sp³-hybridized carbons (Fsp3) is 0.250. The molecule has 8 nitrogen and oxygen atoms in total. The van der Waals surface area contributed by atoms with Crippen LogP contribution in [0.2, 0.25) is 0 Å². The van der Waals surface area contributed by atoms with Crippen molar-refractivity contribution >= 4 is 11.6 Å². The van der Waals surface area contributed by atoms with E-state index in [0.29, 0.717) is 0 Å². The van der Waals surface area contributed by atoms with Crippen LogP contribution in [0.25, 0.3) is 0 Å². The lowest BCUT2D eigenvalue weighted by Crippen LogP contribution is -2.36. The standard InChI is InChI=1S/C8H10N4O4/c1-5-2-8(14)11(4-7(13)10-9)3-6(5)12(15)16/h2-3H,4,9H2,1H3,(H,10,13). The number of aryl methyl sites for hydroxylation is 1. The number of carbonyl (C=O) groups is 1. The molecule has 0 spiro atoms. The van der Waals surface area contributed by atoms with E-state index in [1.165, 1.54) is 6.92 Å². The van der Waals surface area contributed by atoms with Crippen molar-refractivity contribution in [3.05, 3.63) is 38.3 Å². The molecule has 0 aromatic carbocycles. The predicted octanol–water partition coefficient (Wildman–Crippen LogP) is -0.945. The maximum atomic E-state index is 11.4. The SMILES string of the molecule is Cc1cc(=O)n(CC(=O)NN)cc1[N+](=O)[O-]. The lowest BCUT2D eigenvalue weighted by molar-refractivity contribution is -0.385. The molecule has 0 saturated heterocycles. The van der Waals surface area contributed by atoms with Gasteiger partial charge in [-0.3, -0.25) is 29.7 Å². The second kappa shape index (κ2) is 4.53. The molecule has 0 radical (unpaired) electrons. The maximum absolute atomic E-state index is 11.4. The first-order valence-corrected chi connectivity index (χ1v) is 4.30.